The second kappa shape index (κ2) is 6.40. The molecular weight excluding hydrogens is 275 g/mol. The van der Waals surface area contributed by atoms with Crippen LogP contribution >= 0.6 is 0 Å². The molecule has 110 valence electrons. The topological polar surface area (TPSA) is 47.9 Å². The van der Waals surface area contributed by atoms with Crippen LogP contribution < -0.4 is 4.74 Å². The van der Waals surface area contributed by atoms with Gasteiger partial charge in [0.05, 0.1) is 18.9 Å². The van der Waals surface area contributed by atoms with Gasteiger partial charge in [0.15, 0.2) is 0 Å². The van der Waals surface area contributed by atoms with E-state index >= 15 is 0 Å². The standard InChI is InChI=1S/C13H14F3NO3/c1-8(2)20-12(18)11(13(14,15)16)17-9-4-6-10(19-3)7-5-9/h4-8H,1-3H3. The van der Waals surface area contributed by atoms with Crippen molar-refractivity contribution in [3.63, 3.8) is 0 Å². The van der Waals surface area contributed by atoms with Gasteiger partial charge in [0.25, 0.3) is 0 Å². The van der Waals surface area contributed by atoms with Crippen molar-refractivity contribution in [1.82, 2.24) is 0 Å². The molecule has 0 fully saturated rings. The van der Waals surface area contributed by atoms with Gasteiger partial charge in [0.2, 0.25) is 5.71 Å². The van der Waals surface area contributed by atoms with E-state index in [4.69, 9.17) is 4.74 Å². The normalized spacial score (nSPS) is 12.4. The Morgan fingerprint density at radius 3 is 2.15 bits per heavy atom. The van der Waals surface area contributed by atoms with Crippen molar-refractivity contribution in [2.75, 3.05) is 7.11 Å². The van der Waals surface area contributed by atoms with Crippen LogP contribution in [0.5, 0.6) is 5.75 Å². The molecule has 20 heavy (non-hydrogen) atoms. The Morgan fingerprint density at radius 1 is 1.20 bits per heavy atom. The van der Waals surface area contributed by atoms with Crippen LogP contribution in [0.1, 0.15) is 13.8 Å². The maximum Gasteiger partial charge on any atom is 0.440 e. The van der Waals surface area contributed by atoms with Gasteiger partial charge in [-0.1, -0.05) is 0 Å². The highest BCUT2D eigenvalue weighted by Crippen LogP contribution is 2.24. The average Bonchev–Trinajstić information content (AvgIpc) is 2.34. The van der Waals surface area contributed by atoms with Gasteiger partial charge in [-0.25, -0.2) is 9.79 Å². The van der Waals surface area contributed by atoms with Gasteiger partial charge >= 0.3 is 12.1 Å². The summed E-state index contributed by atoms with van der Waals surface area (Å²) < 4.78 is 47.8. The Morgan fingerprint density at radius 2 is 1.75 bits per heavy atom. The number of nitrogens with zero attached hydrogens (tertiary/aromatic N) is 1. The van der Waals surface area contributed by atoms with E-state index in [1.807, 2.05) is 0 Å². The lowest BCUT2D eigenvalue weighted by Crippen LogP contribution is -2.33. The molecule has 7 heteroatoms. The fourth-order valence-electron chi connectivity index (χ4n) is 1.28. The Labute approximate surface area is 114 Å². The van der Waals surface area contributed by atoms with E-state index in [0.29, 0.717) is 5.75 Å². The molecule has 0 atom stereocenters. The lowest BCUT2D eigenvalue weighted by Gasteiger charge is -2.12. The molecule has 0 saturated heterocycles. The lowest BCUT2D eigenvalue weighted by atomic mass is 10.3. The maximum atomic E-state index is 12.8. The van der Waals surface area contributed by atoms with Crippen LogP contribution in [-0.4, -0.2) is 31.1 Å². The Hall–Kier alpha value is -2.05. The minimum absolute atomic E-state index is 0.0150. The number of methoxy groups -OCH3 is 1. The predicted octanol–water partition coefficient (Wildman–Crippen LogP) is 3.28. The first-order chi connectivity index (χ1) is 9.24. The van der Waals surface area contributed by atoms with Crippen LogP contribution in [0, 0.1) is 0 Å². The second-order valence-corrected chi connectivity index (χ2v) is 4.11. The molecule has 0 unspecified atom stereocenters. The summed E-state index contributed by atoms with van der Waals surface area (Å²) in [6, 6.07) is 5.52. The zero-order valence-corrected chi connectivity index (χ0v) is 11.2. The highest BCUT2D eigenvalue weighted by Gasteiger charge is 2.42. The Kier molecular flexibility index (Phi) is 5.12. The summed E-state index contributed by atoms with van der Waals surface area (Å²) in [7, 11) is 1.43. The zero-order valence-electron chi connectivity index (χ0n) is 11.2. The first kappa shape index (κ1) is 16.0. The molecule has 0 aromatic heterocycles. The highest BCUT2D eigenvalue weighted by molar-refractivity contribution is 6.39. The van der Waals surface area contributed by atoms with E-state index < -0.39 is 24.0 Å². The first-order valence-corrected chi connectivity index (χ1v) is 5.75. The quantitative estimate of drug-likeness (QED) is 0.631. The van der Waals surface area contributed by atoms with Gasteiger partial charge in [-0.15, -0.1) is 0 Å². The Balaban J connectivity index is 3.09. The third kappa shape index (κ3) is 4.56. The number of benzene rings is 1. The van der Waals surface area contributed by atoms with Gasteiger partial charge in [-0.05, 0) is 38.1 Å². The molecule has 0 aliphatic carbocycles. The predicted molar refractivity (Wildman–Crippen MR) is 67.4 cm³/mol. The number of ether oxygens (including phenoxy) is 2. The number of hydrogen-bond acceptors (Lipinski definition) is 4. The van der Waals surface area contributed by atoms with Gasteiger partial charge in [-0.2, -0.15) is 13.2 Å². The van der Waals surface area contributed by atoms with E-state index in [2.05, 4.69) is 9.73 Å². The van der Waals surface area contributed by atoms with Gasteiger partial charge in [0.1, 0.15) is 5.75 Å². The van der Waals surface area contributed by atoms with E-state index in [9.17, 15) is 18.0 Å². The fraction of sp³-hybridized carbons (Fsp3) is 0.385. The van der Waals surface area contributed by atoms with Crippen molar-refractivity contribution < 1.29 is 27.4 Å². The molecule has 0 amide bonds. The SMILES string of the molecule is COc1ccc(N=C(C(=O)OC(C)C)C(F)(F)F)cc1. The van der Waals surface area contributed by atoms with E-state index in [0.717, 1.165) is 0 Å². The summed E-state index contributed by atoms with van der Waals surface area (Å²) in [5.41, 5.74) is -1.60. The maximum absolute atomic E-state index is 12.8. The summed E-state index contributed by atoms with van der Waals surface area (Å²) in [5, 5.41) is 0. The van der Waals surface area contributed by atoms with Crippen molar-refractivity contribution >= 4 is 17.4 Å². The lowest BCUT2D eigenvalue weighted by molar-refractivity contribution is -0.143. The third-order valence-electron chi connectivity index (χ3n) is 2.12. The molecule has 0 spiro atoms. The van der Waals surface area contributed by atoms with Crippen LogP contribution in [0.15, 0.2) is 29.3 Å². The van der Waals surface area contributed by atoms with Crippen molar-refractivity contribution in [3.05, 3.63) is 24.3 Å². The molecule has 0 radical (unpaired) electrons. The number of rotatable bonds is 4. The van der Waals surface area contributed by atoms with Crippen LogP contribution in [0.4, 0.5) is 18.9 Å². The number of aliphatic imine (C=N–C) groups is 1. The average molecular weight is 289 g/mol. The zero-order chi connectivity index (χ0) is 15.3. The highest BCUT2D eigenvalue weighted by atomic mass is 19.4. The molecule has 0 aliphatic heterocycles. The molecule has 0 bridgehead atoms. The van der Waals surface area contributed by atoms with Crippen LogP contribution in [0.3, 0.4) is 0 Å². The van der Waals surface area contributed by atoms with Crippen LogP contribution in [-0.2, 0) is 9.53 Å². The fourth-order valence-corrected chi connectivity index (χ4v) is 1.28. The Bertz CT molecular complexity index is 493. The third-order valence-corrected chi connectivity index (χ3v) is 2.12. The second-order valence-electron chi connectivity index (χ2n) is 4.11. The number of carbonyl (C=O) groups excluding carboxylic acids is 1. The number of carbonyl (C=O) groups is 1. The number of hydrogen-bond donors (Lipinski definition) is 0. The smallest absolute Gasteiger partial charge is 0.440 e. The van der Waals surface area contributed by atoms with Crippen molar-refractivity contribution in [2.24, 2.45) is 4.99 Å². The molecule has 0 aliphatic rings. The number of halogens is 3. The minimum Gasteiger partial charge on any atom is -0.497 e. The summed E-state index contributed by atoms with van der Waals surface area (Å²) in [6.07, 6.45) is -5.54. The monoisotopic (exact) mass is 289 g/mol. The minimum atomic E-state index is -4.88. The largest absolute Gasteiger partial charge is 0.497 e. The van der Waals surface area contributed by atoms with Gasteiger partial charge < -0.3 is 9.47 Å². The molecule has 0 N–H and O–H groups in total. The molecule has 1 rings (SSSR count). The summed E-state index contributed by atoms with van der Waals surface area (Å²) in [5.74, 6) is -1.02. The molecule has 1 aromatic carbocycles. The van der Waals surface area contributed by atoms with Crippen molar-refractivity contribution in [3.8, 4) is 5.75 Å². The molecule has 1 aromatic rings. The van der Waals surface area contributed by atoms with Crippen molar-refractivity contribution in [2.45, 2.75) is 26.1 Å². The van der Waals surface area contributed by atoms with Gasteiger partial charge in [-0.3, -0.25) is 0 Å². The number of esters is 1. The van der Waals surface area contributed by atoms with Crippen LogP contribution in [0.25, 0.3) is 0 Å². The van der Waals surface area contributed by atoms with Crippen LogP contribution in [0.2, 0.25) is 0 Å². The molecule has 4 nitrogen and oxygen atoms in total. The first-order valence-electron chi connectivity index (χ1n) is 5.75. The van der Waals surface area contributed by atoms with Gasteiger partial charge in [0, 0.05) is 0 Å². The van der Waals surface area contributed by atoms with E-state index in [-0.39, 0.29) is 5.69 Å². The van der Waals surface area contributed by atoms with E-state index in [1.165, 1.54) is 45.2 Å². The summed E-state index contributed by atoms with van der Waals surface area (Å²) >= 11 is 0. The van der Waals surface area contributed by atoms with E-state index in [1.54, 1.807) is 0 Å². The summed E-state index contributed by atoms with van der Waals surface area (Å²) in [4.78, 5) is 14.7. The summed E-state index contributed by atoms with van der Waals surface area (Å²) in [6.45, 7) is 2.92. The molecule has 0 saturated carbocycles. The van der Waals surface area contributed by atoms with Crippen molar-refractivity contribution in [1.29, 1.82) is 0 Å². The number of alkyl halides is 3. The molecule has 0 heterocycles. The molecular formula is C13H14F3NO3.